The summed E-state index contributed by atoms with van der Waals surface area (Å²) in [6.07, 6.45) is -0.527. The van der Waals surface area contributed by atoms with Gasteiger partial charge in [-0.05, 0) is 24.7 Å². The number of nitrogens with one attached hydrogen (secondary N) is 2. The molecule has 0 fully saturated rings. The summed E-state index contributed by atoms with van der Waals surface area (Å²) in [7, 11) is 0. The van der Waals surface area contributed by atoms with Crippen LogP contribution >= 0.6 is 23.2 Å². The molecule has 2 N–H and O–H groups in total. The van der Waals surface area contributed by atoms with Crippen molar-refractivity contribution in [3.63, 3.8) is 0 Å². The number of rotatable bonds is 5. The molecule has 0 radical (unpaired) electrons. The number of carbonyl (C=O) groups is 1. The fourth-order valence-electron chi connectivity index (χ4n) is 1.17. The molecule has 0 spiro atoms. The van der Waals surface area contributed by atoms with E-state index in [1.807, 2.05) is 6.92 Å². The summed E-state index contributed by atoms with van der Waals surface area (Å²) in [5.74, 6) is 0. The highest BCUT2D eigenvalue weighted by molar-refractivity contribution is 6.35. The van der Waals surface area contributed by atoms with E-state index in [9.17, 15) is 4.79 Å². The SMILES string of the molecule is CCNCCOC(=O)Nc1cc(Cl)cc(Cl)c1. The molecule has 6 heteroatoms. The molecule has 0 unspecified atom stereocenters. The van der Waals surface area contributed by atoms with Crippen LogP contribution in [0, 0.1) is 0 Å². The Kier molecular flexibility index (Phi) is 6.11. The molecule has 1 rings (SSSR count). The van der Waals surface area contributed by atoms with Gasteiger partial charge in [-0.15, -0.1) is 0 Å². The molecule has 0 heterocycles. The van der Waals surface area contributed by atoms with Crippen molar-refractivity contribution < 1.29 is 9.53 Å². The van der Waals surface area contributed by atoms with Gasteiger partial charge in [-0.1, -0.05) is 30.1 Å². The Labute approximate surface area is 110 Å². The van der Waals surface area contributed by atoms with Gasteiger partial charge in [0.25, 0.3) is 0 Å². The minimum absolute atomic E-state index is 0.313. The molecule has 0 saturated carbocycles. The fourth-order valence-corrected chi connectivity index (χ4v) is 1.70. The Hall–Kier alpha value is -0.970. The molecule has 0 aliphatic rings. The lowest BCUT2D eigenvalue weighted by Crippen LogP contribution is -2.23. The van der Waals surface area contributed by atoms with Crippen molar-refractivity contribution in [2.45, 2.75) is 6.92 Å². The monoisotopic (exact) mass is 276 g/mol. The van der Waals surface area contributed by atoms with Crippen LogP contribution in [-0.4, -0.2) is 25.8 Å². The van der Waals surface area contributed by atoms with Gasteiger partial charge >= 0.3 is 6.09 Å². The van der Waals surface area contributed by atoms with Crippen LogP contribution in [0.15, 0.2) is 18.2 Å². The van der Waals surface area contributed by atoms with Gasteiger partial charge in [0, 0.05) is 22.3 Å². The average molecular weight is 277 g/mol. The Balaban J connectivity index is 2.39. The number of amides is 1. The lowest BCUT2D eigenvalue weighted by atomic mass is 10.3. The normalized spacial score (nSPS) is 10.1. The molecule has 94 valence electrons. The van der Waals surface area contributed by atoms with Gasteiger partial charge in [0.2, 0.25) is 0 Å². The van der Waals surface area contributed by atoms with Gasteiger partial charge < -0.3 is 10.1 Å². The molecule has 0 atom stereocenters. The van der Waals surface area contributed by atoms with Crippen LogP contribution in [0.2, 0.25) is 10.0 Å². The summed E-state index contributed by atoms with van der Waals surface area (Å²) in [5.41, 5.74) is 0.510. The zero-order chi connectivity index (χ0) is 12.7. The quantitative estimate of drug-likeness (QED) is 0.813. The average Bonchev–Trinajstić information content (AvgIpc) is 2.23. The highest BCUT2D eigenvalue weighted by atomic mass is 35.5. The maximum Gasteiger partial charge on any atom is 0.411 e. The van der Waals surface area contributed by atoms with Crippen LogP contribution in [0.5, 0.6) is 0 Å². The predicted octanol–water partition coefficient (Wildman–Crippen LogP) is 3.15. The minimum atomic E-state index is -0.527. The predicted molar refractivity (Wildman–Crippen MR) is 70.0 cm³/mol. The molecular weight excluding hydrogens is 263 g/mol. The second kappa shape index (κ2) is 7.37. The standard InChI is InChI=1S/C11H14Cl2N2O2/c1-2-14-3-4-17-11(16)15-10-6-8(12)5-9(13)7-10/h5-7,14H,2-4H2,1H3,(H,15,16). The first-order valence-electron chi connectivity index (χ1n) is 5.22. The van der Waals surface area contributed by atoms with Gasteiger partial charge in [-0.2, -0.15) is 0 Å². The number of carbonyl (C=O) groups excluding carboxylic acids is 1. The van der Waals surface area contributed by atoms with E-state index in [4.69, 9.17) is 27.9 Å². The lowest BCUT2D eigenvalue weighted by molar-refractivity contribution is 0.162. The maximum absolute atomic E-state index is 11.4. The van der Waals surface area contributed by atoms with E-state index in [1.165, 1.54) is 0 Å². The summed E-state index contributed by atoms with van der Waals surface area (Å²) in [6.45, 7) is 3.76. The van der Waals surface area contributed by atoms with Crippen LogP contribution in [-0.2, 0) is 4.74 Å². The summed E-state index contributed by atoms with van der Waals surface area (Å²) in [4.78, 5) is 11.4. The van der Waals surface area contributed by atoms with Crippen LogP contribution in [0.3, 0.4) is 0 Å². The Morgan fingerprint density at radius 1 is 1.29 bits per heavy atom. The zero-order valence-electron chi connectivity index (χ0n) is 9.43. The third-order valence-electron chi connectivity index (χ3n) is 1.87. The molecule has 4 nitrogen and oxygen atoms in total. The smallest absolute Gasteiger partial charge is 0.411 e. The Morgan fingerprint density at radius 3 is 2.53 bits per heavy atom. The summed E-state index contributed by atoms with van der Waals surface area (Å²) in [5, 5.41) is 6.50. The maximum atomic E-state index is 11.4. The Bertz CT molecular complexity index is 365. The van der Waals surface area contributed by atoms with E-state index < -0.39 is 6.09 Å². The lowest BCUT2D eigenvalue weighted by Gasteiger charge is -2.07. The number of ether oxygens (including phenoxy) is 1. The molecule has 1 aromatic rings. The van der Waals surface area contributed by atoms with Crippen LogP contribution in [0.1, 0.15) is 6.92 Å². The van der Waals surface area contributed by atoms with Crippen molar-refractivity contribution >= 4 is 35.0 Å². The summed E-state index contributed by atoms with van der Waals surface area (Å²) in [6, 6.07) is 4.78. The third kappa shape index (κ3) is 5.77. The molecule has 1 aromatic carbocycles. The van der Waals surface area contributed by atoms with Crippen molar-refractivity contribution in [1.82, 2.24) is 5.32 Å². The molecule has 0 saturated heterocycles. The molecular formula is C11H14Cl2N2O2. The number of hydrogen-bond acceptors (Lipinski definition) is 3. The first kappa shape index (κ1) is 14.1. The van der Waals surface area contributed by atoms with E-state index in [0.29, 0.717) is 28.9 Å². The largest absolute Gasteiger partial charge is 0.448 e. The number of hydrogen-bond donors (Lipinski definition) is 2. The van der Waals surface area contributed by atoms with Crippen molar-refractivity contribution in [3.05, 3.63) is 28.2 Å². The highest BCUT2D eigenvalue weighted by Gasteiger charge is 2.04. The molecule has 0 bridgehead atoms. The van der Waals surface area contributed by atoms with Crippen LogP contribution in [0.25, 0.3) is 0 Å². The summed E-state index contributed by atoms with van der Waals surface area (Å²) >= 11 is 11.6. The second-order valence-electron chi connectivity index (χ2n) is 3.27. The number of anilines is 1. The van der Waals surface area contributed by atoms with Gasteiger partial charge in [0.15, 0.2) is 0 Å². The van der Waals surface area contributed by atoms with Gasteiger partial charge in [-0.25, -0.2) is 4.79 Å². The summed E-state index contributed by atoms with van der Waals surface area (Å²) < 4.78 is 4.93. The zero-order valence-corrected chi connectivity index (χ0v) is 10.9. The first-order valence-corrected chi connectivity index (χ1v) is 5.98. The van der Waals surface area contributed by atoms with E-state index in [-0.39, 0.29) is 0 Å². The van der Waals surface area contributed by atoms with E-state index in [1.54, 1.807) is 18.2 Å². The molecule has 17 heavy (non-hydrogen) atoms. The molecule has 0 aliphatic heterocycles. The molecule has 1 amide bonds. The highest BCUT2D eigenvalue weighted by Crippen LogP contribution is 2.22. The van der Waals surface area contributed by atoms with Gasteiger partial charge in [0.1, 0.15) is 6.61 Å². The van der Waals surface area contributed by atoms with Crippen molar-refractivity contribution in [3.8, 4) is 0 Å². The van der Waals surface area contributed by atoms with Gasteiger partial charge in [-0.3, -0.25) is 5.32 Å². The van der Waals surface area contributed by atoms with Crippen LogP contribution in [0.4, 0.5) is 10.5 Å². The van der Waals surface area contributed by atoms with Crippen LogP contribution < -0.4 is 10.6 Å². The molecule has 0 aromatic heterocycles. The van der Waals surface area contributed by atoms with Crippen molar-refractivity contribution in [2.75, 3.05) is 25.0 Å². The number of halogens is 2. The van der Waals surface area contributed by atoms with Gasteiger partial charge in [0.05, 0.1) is 0 Å². The van der Waals surface area contributed by atoms with E-state index >= 15 is 0 Å². The number of likely N-dealkylation sites (N-methyl/N-ethyl adjacent to an activating group) is 1. The Morgan fingerprint density at radius 2 is 1.94 bits per heavy atom. The fraction of sp³-hybridized carbons (Fsp3) is 0.364. The second-order valence-corrected chi connectivity index (χ2v) is 4.15. The van der Waals surface area contributed by atoms with E-state index in [2.05, 4.69) is 10.6 Å². The van der Waals surface area contributed by atoms with E-state index in [0.717, 1.165) is 6.54 Å². The van der Waals surface area contributed by atoms with Crippen molar-refractivity contribution in [1.29, 1.82) is 0 Å². The first-order chi connectivity index (χ1) is 8.11. The third-order valence-corrected chi connectivity index (χ3v) is 2.31. The molecule has 0 aliphatic carbocycles. The van der Waals surface area contributed by atoms with Crippen molar-refractivity contribution in [2.24, 2.45) is 0 Å². The minimum Gasteiger partial charge on any atom is -0.448 e. The topological polar surface area (TPSA) is 50.4 Å². The number of benzene rings is 1.